The molecule has 0 aliphatic carbocycles. The molecule has 3 nitrogen and oxygen atoms in total. The Hall–Kier alpha value is -2.33. The van der Waals surface area contributed by atoms with Crippen LogP contribution in [-0.4, -0.2) is 4.98 Å². The molecule has 0 aliphatic rings. The van der Waals surface area contributed by atoms with Gasteiger partial charge in [-0.05, 0) is 31.2 Å². The SMILES string of the molecule is Cc1csc(CNc2cccc(Oc3ccccc3)c2)n1. The van der Waals surface area contributed by atoms with Crippen LogP contribution in [0.25, 0.3) is 0 Å². The molecule has 3 rings (SSSR count). The molecule has 0 radical (unpaired) electrons. The molecule has 4 heteroatoms. The number of anilines is 1. The topological polar surface area (TPSA) is 34.1 Å². The number of nitrogens with zero attached hydrogens (tertiary/aromatic N) is 1. The summed E-state index contributed by atoms with van der Waals surface area (Å²) in [6.45, 7) is 2.74. The lowest BCUT2D eigenvalue weighted by Gasteiger charge is -2.08. The average Bonchev–Trinajstić information content (AvgIpc) is 2.92. The highest BCUT2D eigenvalue weighted by Crippen LogP contribution is 2.24. The van der Waals surface area contributed by atoms with E-state index in [2.05, 4.69) is 15.7 Å². The van der Waals surface area contributed by atoms with Gasteiger partial charge >= 0.3 is 0 Å². The van der Waals surface area contributed by atoms with Crippen molar-refractivity contribution in [2.24, 2.45) is 0 Å². The number of aryl methyl sites for hydroxylation is 1. The van der Waals surface area contributed by atoms with Gasteiger partial charge in [0.25, 0.3) is 0 Å². The van der Waals surface area contributed by atoms with Gasteiger partial charge in [0.2, 0.25) is 0 Å². The summed E-state index contributed by atoms with van der Waals surface area (Å²) in [5.74, 6) is 1.66. The summed E-state index contributed by atoms with van der Waals surface area (Å²) >= 11 is 1.67. The molecule has 0 spiro atoms. The van der Waals surface area contributed by atoms with E-state index in [1.165, 1.54) is 0 Å². The molecule has 1 aromatic heterocycles. The second-order valence-corrected chi connectivity index (χ2v) is 5.62. The number of hydrogen-bond donors (Lipinski definition) is 1. The van der Waals surface area contributed by atoms with Crippen LogP contribution in [0.1, 0.15) is 10.7 Å². The van der Waals surface area contributed by atoms with Crippen molar-refractivity contribution >= 4 is 17.0 Å². The minimum atomic E-state index is 0.729. The number of nitrogens with one attached hydrogen (secondary N) is 1. The molecule has 0 bridgehead atoms. The Morgan fingerprint density at radius 2 is 1.86 bits per heavy atom. The highest BCUT2D eigenvalue weighted by Gasteiger charge is 2.01. The average molecular weight is 296 g/mol. The van der Waals surface area contributed by atoms with Crippen LogP contribution in [0.15, 0.2) is 60.0 Å². The van der Waals surface area contributed by atoms with Gasteiger partial charge in [-0.2, -0.15) is 0 Å². The largest absolute Gasteiger partial charge is 0.457 e. The third-order valence-corrected chi connectivity index (χ3v) is 3.89. The van der Waals surface area contributed by atoms with E-state index >= 15 is 0 Å². The minimum absolute atomic E-state index is 0.729. The van der Waals surface area contributed by atoms with Crippen LogP contribution in [0.2, 0.25) is 0 Å². The van der Waals surface area contributed by atoms with Gasteiger partial charge in [0.1, 0.15) is 16.5 Å². The van der Waals surface area contributed by atoms with Crippen LogP contribution < -0.4 is 10.1 Å². The smallest absolute Gasteiger partial charge is 0.129 e. The minimum Gasteiger partial charge on any atom is -0.457 e. The number of benzene rings is 2. The van der Waals surface area contributed by atoms with E-state index in [0.29, 0.717) is 0 Å². The Kier molecular flexibility index (Phi) is 4.17. The zero-order valence-corrected chi connectivity index (χ0v) is 12.6. The van der Waals surface area contributed by atoms with Gasteiger partial charge in [-0.15, -0.1) is 11.3 Å². The van der Waals surface area contributed by atoms with E-state index in [0.717, 1.165) is 34.4 Å². The molecule has 106 valence electrons. The second kappa shape index (κ2) is 6.41. The lowest BCUT2D eigenvalue weighted by molar-refractivity contribution is 0.483. The molecule has 2 aromatic carbocycles. The summed E-state index contributed by atoms with van der Waals surface area (Å²) < 4.78 is 5.82. The van der Waals surface area contributed by atoms with Gasteiger partial charge in [0.15, 0.2) is 0 Å². The number of ether oxygens (including phenoxy) is 1. The maximum Gasteiger partial charge on any atom is 0.129 e. The van der Waals surface area contributed by atoms with Crippen LogP contribution in [0.3, 0.4) is 0 Å². The predicted octanol–water partition coefficient (Wildman–Crippen LogP) is 4.86. The molecule has 0 saturated heterocycles. The fourth-order valence-electron chi connectivity index (χ4n) is 1.96. The number of para-hydroxylation sites is 1. The Bertz CT molecular complexity index is 710. The highest BCUT2D eigenvalue weighted by molar-refractivity contribution is 7.09. The maximum absolute atomic E-state index is 5.82. The van der Waals surface area contributed by atoms with Crippen LogP contribution in [0, 0.1) is 6.92 Å². The molecule has 0 atom stereocenters. The van der Waals surface area contributed by atoms with Crippen molar-refractivity contribution in [3.05, 3.63) is 70.7 Å². The Morgan fingerprint density at radius 3 is 2.62 bits per heavy atom. The van der Waals surface area contributed by atoms with E-state index in [9.17, 15) is 0 Å². The summed E-state index contributed by atoms with van der Waals surface area (Å²) in [5.41, 5.74) is 2.09. The summed E-state index contributed by atoms with van der Waals surface area (Å²) in [5, 5.41) is 6.51. The van der Waals surface area contributed by atoms with Crippen molar-refractivity contribution in [3.63, 3.8) is 0 Å². The molecule has 0 fully saturated rings. The second-order valence-electron chi connectivity index (χ2n) is 4.68. The van der Waals surface area contributed by atoms with E-state index in [-0.39, 0.29) is 0 Å². The third kappa shape index (κ3) is 3.83. The van der Waals surface area contributed by atoms with Gasteiger partial charge in [-0.1, -0.05) is 24.3 Å². The zero-order chi connectivity index (χ0) is 14.5. The Balaban J connectivity index is 1.65. The van der Waals surface area contributed by atoms with E-state index < -0.39 is 0 Å². The quantitative estimate of drug-likeness (QED) is 0.730. The fraction of sp³-hybridized carbons (Fsp3) is 0.118. The molecule has 0 saturated carbocycles. The van der Waals surface area contributed by atoms with Crippen LogP contribution in [0.4, 0.5) is 5.69 Å². The molecule has 21 heavy (non-hydrogen) atoms. The number of thiazole rings is 1. The molecule has 3 aromatic rings. The van der Waals surface area contributed by atoms with Crippen LogP contribution >= 0.6 is 11.3 Å². The van der Waals surface area contributed by atoms with Gasteiger partial charge < -0.3 is 10.1 Å². The molecule has 0 unspecified atom stereocenters. The predicted molar refractivity (Wildman–Crippen MR) is 87.1 cm³/mol. The van der Waals surface area contributed by atoms with Gasteiger partial charge in [0.05, 0.1) is 6.54 Å². The van der Waals surface area contributed by atoms with Gasteiger partial charge in [0, 0.05) is 22.8 Å². The number of rotatable bonds is 5. The van der Waals surface area contributed by atoms with Crippen molar-refractivity contribution in [2.45, 2.75) is 13.5 Å². The molecule has 1 N–H and O–H groups in total. The van der Waals surface area contributed by atoms with Crippen molar-refractivity contribution in [1.29, 1.82) is 0 Å². The first kappa shape index (κ1) is 13.6. The molecular formula is C17H16N2OS. The first-order valence-corrected chi connectivity index (χ1v) is 7.65. The standard InChI is InChI=1S/C17H16N2OS/c1-13-12-21-17(19-13)11-18-14-6-5-9-16(10-14)20-15-7-3-2-4-8-15/h2-10,12,18H,11H2,1H3. The normalized spacial score (nSPS) is 10.3. The van der Waals surface area contributed by atoms with E-state index in [1.807, 2.05) is 61.5 Å². The maximum atomic E-state index is 5.82. The summed E-state index contributed by atoms with van der Waals surface area (Å²) in [7, 11) is 0. The van der Waals surface area contributed by atoms with Crippen molar-refractivity contribution < 1.29 is 4.74 Å². The monoisotopic (exact) mass is 296 g/mol. The van der Waals surface area contributed by atoms with Crippen molar-refractivity contribution in [3.8, 4) is 11.5 Å². The first-order valence-electron chi connectivity index (χ1n) is 6.77. The number of aromatic nitrogens is 1. The summed E-state index contributed by atoms with van der Waals surface area (Å²) in [6, 6.07) is 17.7. The third-order valence-electron chi connectivity index (χ3n) is 2.92. The van der Waals surface area contributed by atoms with Gasteiger partial charge in [-0.3, -0.25) is 0 Å². The van der Waals surface area contributed by atoms with Crippen LogP contribution in [0.5, 0.6) is 11.5 Å². The van der Waals surface area contributed by atoms with E-state index in [4.69, 9.17) is 4.74 Å². The molecular weight excluding hydrogens is 280 g/mol. The van der Waals surface area contributed by atoms with E-state index in [1.54, 1.807) is 11.3 Å². The first-order chi connectivity index (χ1) is 10.3. The Labute approximate surface area is 128 Å². The van der Waals surface area contributed by atoms with Crippen molar-refractivity contribution in [2.75, 3.05) is 5.32 Å². The van der Waals surface area contributed by atoms with Crippen molar-refractivity contribution in [1.82, 2.24) is 4.98 Å². The summed E-state index contributed by atoms with van der Waals surface area (Å²) in [4.78, 5) is 4.44. The fourth-order valence-corrected chi connectivity index (χ4v) is 2.67. The van der Waals surface area contributed by atoms with Gasteiger partial charge in [-0.25, -0.2) is 4.98 Å². The Morgan fingerprint density at radius 1 is 1.05 bits per heavy atom. The number of hydrogen-bond acceptors (Lipinski definition) is 4. The molecule has 0 aliphatic heterocycles. The van der Waals surface area contributed by atoms with Crippen LogP contribution in [-0.2, 0) is 6.54 Å². The lowest BCUT2D eigenvalue weighted by Crippen LogP contribution is -1.99. The zero-order valence-electron chi connectivity index (χ0n) is 11.7. The molecule has 1 heterocycles. The highest BCUT2D eigenvalue weighted by atomic mass is 32.1. The molecule has 0 amide bonds. The lowest BCUT2D eigenvalue weighted by atomic mass is 10.3. The summed E-state index contributed by atoms with van der Waals surface area (Å²) in [6.07, 6.45) is 0.